The van der Waals surface area contributed by atoms with Crippen LogP contribution in [0.25, 0.3) is 0 Å². The average Bonchev–Trinajstić information content (AvgIpc) is 3.19. The van der Waals surface area contributed by atoms with Gasteiger partial charge in [-0.25, -0.2) is 0 Å². The van der Waals surface area contributed by atoms with E-state index in [0.717, 1.165) is 29.7 Å². The van der Waals surface area contributed by atoms with Gasteiger partial charge in [0.1, 0.15) is 11.6 Å². The predicted molar refractivity (Wildman–Crippen MR) is 90.8 cm³/mol. The first-order chi connectivity index (χ1) is 11.3. The van der Waals surface area contributed by atoms with Crippen LogP contribution in [0.3, 0.4) is 0 Å². The van der Waals surface area contributed by atoms with Gasteiger partial charge in [0.2, 0.25) is 5.91 Å². The third-order valence-corrected chi connectivity index (χ3v) is 5.67. The number of anilines is 1. The molecule has 0 saturated heterocycles. The minimum atomic E-state index is 0.00388. The van der Waals surface area contributed by atoms with Crippen LogP contribution in [0.4, 0.5) is 5.82 Å². The van der Waals surface area contributed by atoms with Crippen molar-refractivity contribution in [2.45, 2.75) is 37.0 Å². The van der Waals surface area contributed by atoms with E-state index in [0.29, 0.717) is 17.7 Å². The smallest absolute Gasteiger partial charge is 0.235 e. The number of nitrogens with zero attached hydrogens (tertiary/aromatic N) is 1. The second-order valence-corrected chi connectivity index (χ2v) is 7.13. The van der Waals surface area contributed by atoms with E-state index in [1.54, 1.807) is 18.0 Å². The molecule has 1 aromatic heterocycles. The summed E-state index contributed by atoms with van der Waals surface area (Å²) in [6.45, 7) is 0. The lowest BCUT2D eigenvalue weighted by molar-refractivity contribution is -0.113. The molecule has 23 heavy (non-hydrogen) atoms. The Morgan fingerprint density at radius 1 is 1.17 bits per heavy atom. The Labute approximate surface area is 139 Å². The molecule has 2 N–H and O–H groups in total. The highest BCUT2D eigenvalue weighted by Gasteiger charge is 2.25. The molecule has 0 spiro atoms. The summed E-state index contributed by atoms with van der Waals surface area (Å²) < 4.78 is 6.02. The summed E-state index contributed by atoms with van der Waals surface area (Å²) in [5, 5.41) is 9.89. The fraction of sp³-hybridized carbons (Fsp3) is 0.412. The Hall–Kier alpha value is -1.95. The number of ether oxygens (including phenoxy) is 1. The number of carbonyl (C=O) groups excluding carboxylic acids is 1. The number of aromatic amines is 1. The molecule has 1 amide bonds. The molecule has 120 valence electrons. The van der Waals surface area contributed by atoms with E-state index in [1.807, 2.05) is 12.1 Å². The quantitative estimate of drug-likeness (QED) is 0.904. The van der Waals surface area contributed by atoms with Gasteiger partial charge in [0.05, 0.1) is 23.3 Å². The first kappa shape index (κ1) is 14.6. The number of rotatable bonds is 3. The zero-order valence-electron chi connectivity index (χ0n) is 12.7. The number of H-pyrrole nitrogens is 1. The summed E-state index contributed by atoms with van der Waals surface area (Å²) in [5.74, 6) is 2.08. The Morgan fingerprint density at radius 2 is 1.96 bits per heavy atom. The van der Waals surface area contributed by atoms with Crippen molar-refractivity contribution < 1.29 is 9.53 Å². The van der Waals surface area contributed by atoms with Crippen molar-refractivity contribution in [3.8, 4) is 5.75 Å². The van der Waals surface area contributed by atoms with Gasteiger partial charge in [0.15, 0.2) is 0 Å². The highest BCUT2D eigenvalue weighted by Crippen LogP contribution is 2.40. The molecular formula is C17H19N3O2S. The summed E-state index contributed by atoms with van der Waals surface area (Å²) in [6.07, 6.45) is 7.02. The van der Waals surface area contributed by atoms with E-state index in [4.69, 9.17) is 4.74 Å². The molecule has 2 aliphatic rings. The summed E-state index contributed by atoms with van der Waals surface area (Å²) in [6, 6.07) is 8.26. The van der Waals surface area contributed by atoms with E-state index in [2.05, 4.69) is 27.6 Å². The molecule has 1 unspecified atom stereocenters. The number of fused-ring (bicyclic) bond motifs is 1. The first-order valence-corrected chi connectivity index (χ1v) is 9.06. The number of amides is 1. The standard InChI is InChI=1S/C17H19N3O2S/c21-15-10-23-16(14-9-18-20-17(14)19-15)11-5-7-13(8-6-11)22-12-3-1-2-4-12/h5-9,12,16H,1-4,10H2,(H2,18,19,20,21). The van der Waals surface area contributed by atoms with Crippen molar-refractivity contribution in [1.29, 1.82) is 0 Å². The maximum atomic E-state index is 11.8. The molecule has 1 fully saturated rings. The van der Waals surface area contributed by atoms with Gasteiger partial charge >= 0.3 is 0 Å². The fourth-order valence-corrected chi connectivity index (χ4v) is 4.31. The maximum absolute atomic E-state index is 11.8. The minimum Gasteiger partial charge on any atom is -0.490 e. The summed E-state index contributed by atoms with van der Waals surface area (Å²) in [4.78, 5) is 11.8. The van der Waals surface area contributed by atoms with Crippen molar-refractivity contribution in [2.24, 2.45) is 0 Å². The van der Waals surface area contributed by atoms with Crippen molar-refractivity contribution in [2.75, 3.05) is 11.1 Å². The molecule has 0 bridgehead atoms. The van der Waals surface area contributed by atoms with Gasteiger partial charge in [-0.1, -0.05) is 12.1 Å². The van der Waals surface area contributed by atoms with Gasteiger partial charge in [-0.3, -0.25) is 9.89 Å². The first-order valence-electron chi connectivity index (χ1n) is 8.01. The third-order valence-electron chi connectivity index (χ3n) is 4.38. The summed E-state index contributed by atoms with van der Waals surface area (Å²) >= 11 is 1.62. The van der Waals surface area contributed by atoms with E-state index in [-0.39, 0.29) is 11.2 Å². The van der Waals surface area contributed by atoms with E-state index < -0.39 is 0 Å². The van der Waals surface area contributed by atoms with Crippen LogP contribution in [0.2, 0.25) is 0 Å². The Kier molecular flexibility index (Phi) is 3.99. The summed E-state index contributed by atoms with van der Waals surface area (Å²) in [7, 11) is 0. The van der Waals surface area contributed by atoms with Gasteiger partial charge in [-0.2, -0.15) is 5.10 Å². The molecular weight excluding hydrogens is 310 g/mol. The second-order valence-electron chi connectivity index (χ2n) is 6.03. The van der Waals surface area contributed by atoms with E-state index >= 15 is 0 Å². The SMILES string of the molecule is O=C1CSC(c2ccc(OC3CCCC3)cc2)c2cn[nH]c2N1. The van der Waals surface area contributed by atoms with Crippen molar-refractivity contribution in [3.63, 3.8) is 0 Å². The molecule has 1 atom stereocenters. The monoisotopic (exact) mass is 329 g/mol. The van der Waals surface area contributed by atoms with Crippen molar-refractivity contribution in [1.82, 2.24) is 10.2 Å². The van der Waals surface area contributed by atoms with Crippen LogP contribution >= 0.6 is 11.8 Å². The average molecular weight is 329 g/mol. The molecule has 2 aromatic rings. The van der Waals surface area contributed by atoms with Crippen LogP contribution in [0.15, 0.2) is 30.5 Å². The molecule has 1 aliphatic carbocycles. The fourth-order valence-electron chi connectivity index (χ4n) is 3.21. The molecule has 1 aliphatic heterocycles. The molecule has 6 heteroatoms. The Morgan fingerprint density at radius 3 is 2.74 bits per heavy atom. The summed E-state index contributed by atoms with van der Waals surface area (Å²) in [5.41, 5.74) is 2.18. The number of hydrogen-bond donors (Lipinski definition) is 2. The van der Waals surface area contributed by atoms with Crippen LogP contribution in [0.1, 0.15) is 42.1 Å². The number of thioether (sulfide) groups is 1. The molecule has 1 aromatic carbocycles. The van der Waals surface area contributed by atoms with E-state index in [9.17, 15) is 4.79 Å². The Bertz CT molecular complexity index is 692. The third kappa shape index (κ3) is 3.08. The normalized spacial score (nSPS) is 21.6. The number of benzene rings is 1. The predicted octanol–water partition coefficient (Wildman–Crippen LogP) is 3.51. The highest BCUT2D eigenvalue weighted by molar-refractivity contribution is 8.00. The van der Waals surface area contributed by atoms with Gasteiger partial charge in [0, 0.05) is 5.56 Å². The molecule has 5 nitrogen and oxygen atoms in total. The lowest BCUT2D eigenvalue weighted by atomic mass is 10.1. The van der Waals surface area contributed by atoms with Crippen molar-refractivity contribution in [3.05, 3.63) is 41.6 Å². The zero-order valence-corrected chi connectivity index (χ0v) is 13.6. The number of aromatic nitrogens is 2. The van der Waals surface area contributed by atoms with Crippen molar-refractivity contribution >= 4 is 23.5 Å². The lowest BCUT2D eigenvalue weighted by Crippen LogP contribution is -2.12. The molecule has 2 heterocycles. The maximum Gasteiger partial charge on any atom is 0.235 e. The lowest BCUT2D eigenvalue weighted by Gasteiger charge is -2.16. The highest BCUT2D eigenvalue weighted by atomic mass is 32.2. The van der Waals surface area contributed by atoms with E-state index in [1.165, 1.54) is 12.8 Å². The zero-order chi connectivity index (χ0) is 15.6. The largest absolute Gasteiger partial charge is 0.490 e. The second kappa shape index (κ2) is 6.28. The molecule has 1 saturated carbocycles. The van der Waals surface area contributed by atoms with Crippen LogP contribution in [-0.4, -0.2) is 28.0 Å². The van der Waals surface area contributed by atoms with Gasteiger partial charge in [-0.15, -0.1) is 11.8 Å². The van der Waals surface area contributed by atoms with Gasteiger partial charge in [0.25, 0.3) is 0 Å². The van der Waals surface area contributed by atoms with Crippen LogP contribution in [0.5, 0.6) is 5.75 Å². The number of carbonyl (C=O) groups is 1. The number of nitrogens with one attached hydrogen (secondary N) is 2. The topological polar surface area (TPSA) is 67.0 Å². The molecule has 0 radical (unpaired) electrons. The van der Waals surface area contributed by atoms with Gasteiger partial charge in [-0.05, 0) is 43.4 Å². The molecule has 4 rings (SSSR count). The Balaban J connectivity index is 1.55. The van der Waals surface area contributed by atoms with Crippen LogP contribution < -0.4 is 10.1 Å². The van der Waals surface area contributed by atoms with Crippen LogP contribution in [-0.2, 0) is 4.79 Å². The van der Waals surface area contributed by atoms with Crippen LogP contribution in [0, 0.1) is 0 Å². The van der Waals surface area contributed by atoms with Gasteiger partial charge < -0.3 is 10.1 Å². The minimum absolute atomic E-state index is 0.00388. The number of hydrogen-bond acceptors (Lipinski definition) is 4.